The minimum Gasteiger partial charge on any atom is -0.490 e. The van der Waals surface area contributed by atoms with Gasteiger partial charge in [0, 0.05) is 0 Å². The van der Waals surface area contributed by atoms with Crippen molar-refractivity contribution in [3.63, 3.8) is 0 Å². The second-order valence-corrected chi connectivity index (χ2v) is 2.51. The molecule has 2 heteroatoms. The first kappa shape index (κ1) is 8.34. The minimum absolute atomic E-state index is 0.606. The van der Waals surface area contributed by atoms with Crippen molar-refractivity contribution in [2.45, 2.75) is 0 Å². The molecule has 0 spiro atoms. The van der Waals surface area contributed by atoms with E-state index < -0.39 is 0 Å². The highest BCUT2D eigenvalue weighted by Crippen LogP contribution is 2.07. The molecule has 0 saturated carbocycles. The van der Waals surface area contributed by atoms with Crippen LogP contribution in [0.25, 0.3) is 0 Å². The molecule has 0 aliphatic heterocycles. The van der Waals surface area contributed by atoms with Gasteiger partial charge in [-0.25, -0.2) is 0 Å². The molecule has 1 nitrogen and oxygen atoms in total. The van der Waals surface area contributed by atoms with Crippen LogP contribution in [-0.4, -0.2) is 6.61 Å². The van der Waals surface area contributed by atoms with Gasteiger partial charge in [-0.05, 0) is 23.2 Å². The molecule has 58 valence electrons. The van der Waals surface area contributed by atoms with Crippen LogP contribution in [0, 0.1) is 0 Å². The summed E-state index contributed by atoms with van der Waals surface area (Å²) in [5.74, 6) is 0.901. The maximum Gasteiger partial charge on any atom is 0.119 e. The summed E-state index contributed by atoms with van der Waals surface area (Å²) < 4.78 is 5.33. The van der Waals surface area contributed by atoms with Gasteiger partial charge in [0.2, 0.25) is 0 Å². The molecule has 0 radical (unpaired) electrons. The zero-order valence-corrected chi connectivity index (χ0v) is 7.62. The van der Waals surface area contributed by atoms with Gasteiger partial charge in [-0.1, -0.05) is 34.1 Å². The largest absolute Gasteiger partial charge is 0.490 e. The third-order valence-corrected chi connectivity index (χ3v) is 1.55. The highest BCUT2D eigenvalue weighted by molar-refractivity contribution is 9.11. The summed E-state index contributed by atoms with van der Waals surface area (Å²) >= 11 is 3.16. The maximum absolute atomic E-state index is 5.33. The van der Waals surface area contributed by atoms with E-state index in [4.69, 9.17) is 4.74 Å². The Bertz CT molecular complexity index is 218. The van der Waals surface area contributed by atoms with Crippen molar-refractivity contribution in [2.75, 3.05) is 6.61 Å². The van der Waals surface area contributed by atoms with E-state index in [-0.39, 0.29) is 0 Å². The van der Waals surface area contributed by atoms with Crippen LogP contribution in [-0.2, 0) is 0 Å². The average Bonchev–Trinajstić information content (AvgIpc) is 2.07. The van der Waals surface area contributed by atoms with Crippen molar-refractivity contribution in [3.8, 4) is 5.75 Å². The smallest absolute Gasteiger partial charge is 0.119 e. The second kappa shape index (κ2) is 4.97. The fourth-order valence-corrected chi connectivity index (χ4v) is 0.850. The molecule has 0 heterocycles. The van der Waals surface area contributed by atoms with Crippen LogP contribution < -0.4 is 4.74 Å². The summed E-state index contributed by atoms with van der Waals surface area (Å²) in [7, 11) is 0. The Morgan fingerprint density at radius 2 is 2.00 bits per heavy atom. The number of benzene rings is 1. The van der Waals surface area contributed by atoms with Gasteiger partial charge in [-0.2, -0.15) is 0 Å². The van der Waals surface area contributed by atoms with Crippen molar-refractivity contribution in [1.29, 1.82) is 0 Å². The van der Waals surface area contributed by atoms with E-state index in [1.54, 1.807) is 4.99 Å². The average molecular weight is 213 g/mol. The molecule has 11 heavy (non-hydrogen) atoms. The van der Waals surface area contributed by atoms with Crippen LogP contribution in [0.3, 0.4) is 0 Å². The van der Waals surface area contributed by atoms with E-state index in [1.807, 2.05) is 36.4 Å². The molecule has 0 saturated heterocycles. The number of para-hydroxylation sites is 1. The Labute approximate surface area is 74.8 Å². The number of ether oxygens (including phenoxy) is 1. The van der Waals surface area contributed by atoms with E-state index in [0.29, 0.717) is 6.61 Å². The molecule has 1 aromatic rings. The molecular formula is C9H9BrO. The molecule has 0 unspecified atom stereocenters. The lowest BCUT2D eigenvalue weighted by Crippen LogP contribution is -1.91. The van der Waals surface area contributed by atoms with Gasteiger partial charge < -0.3 is 4.74 Å². The zero-order chi connectivity index (χ0) is 7.94. The van der Waals surface area contributed by atoms with Crippen LogP contribution in [0.5, 0.6) is 5.75 Å². The first-order valence-electron chi connectivity index (χ1n) is 3.36. The Morgan fingerprint density at radius 3 is 2.64 bits per heavy atom. The lowest BCUT2D eigenvalue weighted by atomic mass is 10.3. The molecule has 0 aliphatic rings. The Morgan fingerprint density at radius 1 is 1.27 bits per heavy atom. The van der Waals surface area contributed by atoms with Gasteiger partial charge in [-0.3, -0.25) is 0 Å². The molecule has 0 atom stereocenters. The molecular weight excluding hydrogens is 204 g/mol. The Balaban J connectivity index is 2.39. The summed E-state index contributed by atoms with van der Waals surface area (Å²) in [6.07, 6.45) is 1.90. The van der Waals surface area contributed by atoms with E-state index in [2.05, 4.69) is 15.9 Å². The highest BCUT2D eigenvalue weighted by Gasteiger charge is 1.85. The third-order valence-electron chi connectivity index (χ3n) is 1.18. The molecule has 0 fully saturated rings. The van der Waals surface area contributed by atoms with Crippen LogP contribution in [0.15, 0.2) is 41.4 Å². The van der Waals surface area contributed by atoms with Gasteiger partial charge in [0.25, 0.3) is 0 Å². The third kappa shape index (κ3) is 3.23. The topological polar surface area (TPSA) is 9.23 Å². The molecule has 0 aliphatic carbocycles. The van der Waals surface area contributed by atoms with E-state index in [9.17, 15) is 0 Å². The Kier molecular flexibility index (Phi) is 3.76. The van der Waals surface area contributed by atoms with Gasteiger partial charge in [-0.15, -0.1) is 0 Å². The van der Waals surface area contributed by atoms with Crippen molar-refractivity contribution < 1.29 is 4.74 Å². The molecule has 1 rings (SSSR count). The summed E-state index contributed by atoms with van der Waals surface area (Å²) in [6, 6.07) is 9.73. The Hall–Kier alpha value is -0.760. The van der Waals surface area contributed by atoms with Crippen LogP contribution in [0.1, 0.15) is 0 Å². The van der Waals surface area contributed by atoms with Crippen LogP contribution >= 0.6 is 15.9 Å². The zero-order valence-electron chi connectivity index (χ0n) is 6.03. The first-order valence-corrected chi connectivity index (χ1v) is 4.28. The van der Waals surface area contributed by atoms with Crippen molar-refractivity contribution in [1.82, 2.24) is 0 Å². The van der Waals surface area contributed by atoms with E-state index in [0.717, 1.165) is 5.75 Å². The van der Waals surface area contributed by atoms with Gasteiger partial charge in [0.15, 0.2) is 0 Å². The van der Waals surface area contributed by atoms with Crippen LogP contribution in [0.2, 0.25) is 0 Å². The SMILES string of the molecule is BrC=CCOc1ccccc1. The second-order valence-electron chi connectivity index (χ2n) is 1.99. The van der Waals surface area contributed by atoms with E-state index >= 15 is 0 Å². The van der Waals surface area contributed by atoms with Crippen molar-refractivity contribution in [2.24, 2.45) is 0 Å². The molecule has 0 amide bonds. The van der Waals surface area contributed by atoms with E-state index in [1.165, 1.54) is 0 Å². The highest BCUT2D eigenvalue weighted by atomic mass is 79.9. The lowest BCUT2D eigenvalue weighted by molar-refractivity contribution is 0.363. The lowest BCUT2D eigenvalue weighted by Gasteiger charge is -2.00. The maximum atomic E-state index is 5.33. The fraction of sp³-hybridized carbons (Fsp3) is 0.111. The predicted molar refractivity (Wildman–Crippen MR) is 50.0 cm³/mol. The summed E-state index contributed by atoms with van der Waals surface area (Å²) in [5.41, 5.74) is 0. The monoisotopic (exact) mass is 212 g/mol. The normalized spacial score (nSPS) is 10.3. The summed E-state index contributed by atoms with van der Waals surface area (Å²) in [6.45, 7) is 0.606. The van der Waals surface area contributed by atoms with Gasteiger partial charge in [0.1, 0.15) is 12.4 Å². The van der Waals surface area contributed by atoms with Crippen LogP contribution in [0.4, 0.5) is 0 Å². The number of hydrogen-bond donors (Lipinski definition) is 0. The molecule has 0 bridgehead atoms. The first-order chi connectivity index (χ1) is 5.43. The van der Waals surface area contributed by atoms with Gasteiger partial charge in [0.05, 0.1) is 0 Å². The summed E-state index contributed by atoms with van der Waals surface area (Å²) in [5, 5.41) is 0. The predicted octanol–water partition coefficient (Wildman–Crippen LogP) is 2.97. The standard InChI is InChI=1S/C9H9BrO/c10-7-4-8-11-9-5-2-1-3-6-9/h1-7H,8H2. The quantitative estimate of drug-likeness (QED) is 0.749. The number of halogens is 1. The van der Waals surface area contributed by atoms with Gasteiger partial charge >= 0.3 is 0 Å². The number of rotatable bonds is 3. The number of hydrogen-bond acceptors (Lipinski definition) is 1. The van der Waals surface area contributed by atoms with Crippen molar-refractivity contribution >= 4 is 15.9 Å². The summed E-state index contributed by atoms with van der Waals surface area (Å²) in [4.78, 5) is 1.79. The molecule has 0 N–H and O–H groups in total. The van der Waals surface area contributed by atoms with Crippen molar-refractivity contribution in [3.05, 3.63) is 41.4 Å². The molecule has 1 aromatic carbocycles. The minimum atomic E-state index is 0.606. The fourth-order valence-electron chi connectivity index (χ4n) is 0.697. The molecule has 0 aromatic heterocycles.